The molecule has 0 spiro atoms. The van der Waals surface area contributed by atoms with Crippen molar-refractivity contribution in [3.8, 4) is 0 Å². The lowest BCUT2D eigenvalue weighted by Crippen LogP contribution is -2.15. The maximum atomic E-state index is 10.9. The molecule has 5 heteroatoms. The van der Waals surface area contributed by atoms with Crippen molar-refractivity contribution in [2.24, 2.45) is 0 Å². The highest BCUT2D eigenvalue weighted by molar-refractivity contribution is 9.10. The topological polar surface area (TPSA) is 55.2 Å². The molecule has 17 heavy (non-hydrogen) atoms. The first-order valence-corrected chi connectivity index (χ1v) is 6.15. The summed E-state index contributed by atoms with van der Waals surface area (Å²) in [6.07, 6.45) is 3.63. The van der Waals surface area contributed by atoms with E-state index in [-0.39, 0.29) is 16.7 Å². The Balaban J connectivity index is 2.82. The second-order valence-electron chi connectivity index (χ2n) is 3.83. The highest BCUT2D eigenvalue weighted by atomic mass is 79.9. The molecule has 0 saturated heterocycles. The summed E-state index contributed by atoms with van der Waals surface area (Å²) in [5.74, 6) is 0. The fraction of sp³-hybridized carbons (Fsp3) is 0.333. The molecule has 1 aromatic rings. The Morgan fingerprint density at radius 2 is 2.35 bits per heavy atom. The fourth-order valence-corrected chi connectivity index (χ4v) is 1.83. The van der Waals surface area contributed by atoms with E-state index in [1.807, 2.05) is 13.0 Å². The third kappa shape index (κ3) is 4.19. The van der Waals surface area contributed by atoms with E-state index in [0.29, 0.717) is 10.2 Å². The summed E-state index contributed by atoms with van der Waals surface area (Å²) in [7, 11) is 0. The number of hydrogen-bond acceptors (Lipinski definition) is 3. The quantitative estimate of drug-likeness (QED) is 0.488. The molecule has 92 valence electrons. The van der Waals surface area contributed by atoms with Gasteiger partial charge in [-0.05, 0) is 31.9 Å². The minimum atomic E-state index is -0.382. The highest BCUT2D eigenvalue weighted by Gasteiger charge is 2.15. The number of nitrogens with one attached hydrogen (secondary N) is 1. The molecule has 0 aromatic heterocycles. The maximum Gasteiger partial charge on any atom is 0.293 e. The summed E-state index contributed by atoms with van der Waals surface area (Å²) in [4.78, 5) is 10.5. The third-order valence-corrected chi connectivity index (χ3v) is 2.86. The molecule has 0 amide bonds. The van der Waals surface area contributed by atoms with Gasteiger partial charge in [0.2, 0.25) is 0 Å². The molecule has 4 nitrogen and oxygen atoms in total. The van der Waals surface area contributed by atoms with Gasteiger partial charge in [0, 0.05) is 16.6 Å². The standard InChI is InChI=1S/C12H15BrN2O2/c1-3-4-5-9(2)14-11-7-6-10(13)8-12(11)15(16)17/h3,6-9,14H,1,4-5H2,2H3. The second kappa shape index (κ2) is 6.39. The summed E-state index contributed by atoms with van der Waals surface area (Å²) in [5.41, 5.74) is 0.639. The Kier molecular flexibility index (Phi) is 5.15. The summed E-state index contributed by atoms with van der Waals surface area (Å²) in [6.45, 7) is 5.65. The number of nitro benzene ring substituents is 1. The van der Waals surface area contributed by atoms with E-state index in [4.69, 9.17) is 0 Å². The lowest BCUT2D eigenvalue weighted by Gasteiger charge is -2.14. The minimum absolute atomic E-state index is 0.0878. The molecule has 0 radical (unpaired) electrons. The van der Waals surface area contributed by atoms with Crippen molar-refractivity contribution in [1.29, 1.82) is 0 Å². The monoisotopic (exact) mass is 298 g/mol. The van der Waals surface area contributed by atoms with Gasteiger partial charge in [0.25, 0.3) is 5.69 Å². The van der Waals surface area contributed by atoms with Crippen LogP contribution >= 0.6 is 15.9 Å². The minimum Gasteiger partial charge on any atom is -0.377 e. The van der Waals surface area contributed by atoms with Gasteiger partial charge >= 0.3 is 0 Å². The number of nitrogens with zero attached hydrogens (tertiary/aromatic N) is 1. The zero-order valence-corrected chi connectivity index (χ0v) is 11.2. The lowest BCUT2D eigenvalue weighted by atomic mass is 10.1. The molecule has 0 aliphatic rings. The van der Waals surface area contributed by atoms with Gasteiger partial charge in [-0.15, -0.1) is 6.58 Å². The van der Waals surface area contributed by atoms with Gasteiger partial charge in [0.05, 0.1) is 4.92 Å². The number of nitro groups is 1. The average Bonchev–Trinajstić information content (AvgIpc) is 2.28. The van der Waals surface area contributed by atoms with Crippen molar-refractivity contribution < 1.29 is 4.92 Å². The summed E-state index contributed by atoms with van der Waals surface area (Å²) in [6, 6.07) is 5.18. The fourth-order valence-electron chi connectivity index (χ4n) is 1.48. The summed E-state index contributed by atoms with van der Waals surface area (Å²) < 4.78 is 0.702. The smallest absolute Gasteiger partial charge is 0.293 e. The molecule has 1 N–H and O–H groups in total. The van der Waals surface area contributed by atoms with Crippen molar-refractivity contribution in [3.63, 3.8) is 0 Å². The third-order valence-electron chi connectivity index (χ3n) is 2.36. The van der Waals surface area contributed by atoms with Gasteiger partial charge in [-0.1, -0.05) is 22.0 Å². The number of benzene rings is 1. The molecular weight excluding hydrogens is 284 g/mol. The van der Waals surface area contributed by atoms with Crippen LogP contribution in [-0.2, 0) is 0 Å². The number of halogens is 1. The van der Waals surface area contributed by atoms with Crippen LogP contribution in [0.1, 0.15) is 19.8 Å². The Bertz CT molecular complexity index is 421. The van der Waals surface area contributed by atoms with Crippen molar-refractivity contribution >= 4 is 27.3 Å². The van der Waals surface area contributed by atoms with E-state index < -0.39 is 0 Å². The number of rotatable bonds is 6. The van der Waals surface area contributed by atoms with Crippen LogP contribution in [0.4, 0.5) is 11.4 Å². The van der Waals surface area contributed by atoms with Crippen LogP contribution in [0.15, 0.2) is 35.3 Å². The molecule has 1 unspecified atom stereocenters. The van der Waals surface area contributed by atoms with Crippen LogP contribution in [0.2, 0.25) is 0 Å². The first-order chi connectivity index (χ1) is 8.04. The number of anilines is 1. The van der Waals surface area contributed by atoms with E-state index in [0.717, 1.165) is 12.8 Å². The van der Waals surface area contributed by atoms with E-state index in [1.165, 1.54) is 6.07 Å². The first-order valence-electron chi connectivity index (χ1n) is 5.36. The summed E-state index contributed by atoms with van der Waals surface area (Å²) >= 11 is 3.23. The average molecular weight is 299 g/mol. The molecule has 0 saturated carbocycles. The van der Waals surface area contributed by atoms with Crippen molar-refractivity contribution in [3.05, 3.63) is 45.4 Å². The molecule has 0 bridgehead atoms. The first kappa shape index (κ1) is 13.7. The van der Waals surface area contributed by atoms with Crippen molar-refractivity contribution in [1.82, 2.24) is 0 Å². The van der Waals surface area contributed by atoms with Crippen LogP contribution in [0, 0.1) is 10.1 Å². The molecule has 1 aromatic carbocycles. The summed E-state index contributed by atoms with van der Waals surface area (Å²) in [5, 5.41) is 14.0. The maximum absolute atomic E-state index is 10.9. The number of allylic oxidation sites excluding steroid dienone is 1. The van der Waals surface area contributed by atoms with Crippen molar-refractivity contribution in [2.75, 3.05) is 5.32 Å². The molecule has 0 fully saturated rings. The molecule has 1 rings (SSSR count). The predicted molar refractivity (Wildman–Crippen MR) is 73.3 cm³/mol. The molecular formula is C12H15BrN2O2. The zero-order chi connectivity index (χ0) is 12.8. The molecule has 1 atom stereocenters. The van der Waals surface area contributed by atoms with Crippen molar-refractivity contribution in [2.45, 2.75) is 25.8 Å². The highest BCUT2D eigenvalue weighted by Crippen LogP contribution is 2.28. The number of hydrogen-bond donors (Lipinski definition) is 1. The van der Waals surface area contributed by atoms with Crippen LogP contribution in [-0.4, -0.2) is 11.0 Å². The van der Waals surface area contributed by atoms with Crippen LogP contribution in [0.3, 0.4) is 0 Å². The SMILES string of the molecule is C=CCCC(C)Nc1ccc(Br)cc1[N+](=O)[O-]. The largest absolute Gasteiger partial charge is 0.377 e. The Morgan fingerprint density at radius 1 is 1.65 bits per heavy atom. The normalized spacial score (nSPS) is 11.9. The van der Waals surface area contributed by atoms with Gasteiger partial charge in [-0.25, -0.2) is 0 Å². The van der Waals surface area contributed by atoms with E-state index in [9.17, 15) is 10.1 Å². The van der Waals surface area contributed by atoms with Gasteiger partial charge < -0.3 is 5.32 Å². The van der Waals surface area contributed by atoms with E-state index in [1.54, 1.807) is 12.1 Å². The molecule has 0 aliphatic carbocycles. The van der Waals surface area contributed by atoms with Crippen LogP contribution < -0.4 is 5.32 Å². The van der Waals surface area contributed by atoms with Gasteiger partial charge in [-0.3, -0.25) is 10.1 Å². The van der Waals surface area contributed by atoms with Gasteiger partial charge in [0.1, 0.15) is 5.69 Å². The van der Waals surface area contributed by atoms with Crippen LogP contribution in [0.25, 0.3) is 0 Å². The Labute approximate surface area is 109 Å². The lowest BCUT2D eigenvalue weighted by molar-refractivity contribution is -0.384. The Hall–Kier alpha value is -1.36. The van der Waals surface area contributed by atoms with Gasteiger partial charge in [0.15, 0.2) is 0 Å². The second-order valence-corrected chi connectivity index (χ2v) is 4.75. The van der Waals surface area contributed by atoms with E-state index in [2.05, 4.69) is 27.8 Å². The molecule has 0 aliphatic heterocycles. The zero-order valence-electron chi connectivity index (χ0n) is 9.65. The van der Waals surface area contributed by atoms with Gasteiger partial charge in [-0.2, -0.15) is 0 Å². The Morgan fingerprint density at radius 3 is 2.94 bits per heavy atom. The van der Waals surface area contributed by atoms with Crippen LogP contribution in [0.5, 0.6) is 0 Å². The molecule has 0 heterocycles. The van der Waals surface area contributed by atoms with E-state index >= 15 is 0 Å². The predicted octanol–water partition coefficient (Wildman–Crippen LogP) is 4.12.